The highest BCUT2D eigenvalue weighted by Crippen LogP contribution is 2.29. The molecule has 0 amide bonds. The van der Waals surface area contributed by atoms with Crippen molar-refractivity contribution in [3.63, 3.8) is 0 Å². The van der Waals surface area contributed by atoms with E-state index >= 15 is 0 Å². The first-order valence-electron chi connectivity index (χ1n) is 7.60. The van der Waals surface area contributed by atoms with Gasteiger partial charge in [0.05, 0.1) is 5.69 Å². The van der Waals surface area contributed by atoms with Crippen LogP contribution in [0.15, 0.2) is 18.2 Å². The highest BCUT2D eigenvalue weighted by molar-refractivity contribution is 6.01. The third kappa shape index (κ3) is 2.40. The summed E-state index contributed by atoms with van der Waals surface area (Å²) in [5.74, 6) is 0.177. The molecule has 1 unspecified atom stereocenters. The Hall–Kier alpha value is -1.55. The lowest BCUT2D eigenvalue weighted by Crippen LogP contribution is -2.37. The average molecular weight is 272 g/mol. The molecule has 0 aromatic heterocycles. The maximum Gasteiger partial charge on any atom is 0.124 e. The summed E-state index contributed by atoms with van der Waals surface area (Å²) in [7, 11) is 0. The van der Waals surface area contributed by atoms with Gasteiger partial charge in [-0.25, -0.2) is 0 Å². The van der Waals surface area contributed by atoms with Crippen LogP contribution in [0, 0.1) is 12.3 Å². The van der Waals surface area contributed by atoms with E-state index in [1.807, 2.05) is 12.1 Å². The van der Waals surface area contributed by atoms with E-state index in [0.29, 0.717) is 6.04 Å². The monoisotopic (exact) mass is 272 g/mol. The highest BCUT2D eigenvalue weighted by atomic mass is 15.3. The van der Waals surface area contributed by atoms with Crippen LogP contribution in [0.1, 0.15) is 30.4 Å². The average Bonchev–Trinajstić information content (AvgIpc) is 2.76. The van der Waals surface area contributed by atoms with Gasteiger partial charge < -0.3 is 10.6 Å². The van der Waals surface area contributed by atoms with Gasteiger partial charge in [-0.3, -0.25) is 10.3 Å². The predicted octanol–water partition coefficient (Wildman–Crippen LogP) is 1.95. The Morgan fingerprint density at radius 1 is 1.25 bits per heavy atom. The van der Waals surface area contributed by atoms with Crippen molar-refractivity contribution in [2.45, 2.75) is 32.2 Å². The zero-order chi connectivity index (χ0) is 14.1. The number of benzene rings is 1. The lowest BCUT2D eigenvalue weighted by Gasteiger charge is -2.30. The molecule has 2 saturated heterocycles. The molecular weight excluding hydrogens is 248 g/mol. The molecule has 2 aliphatic heterocycles. The van der Waals surface area contributed by atoms with E-state index in [1.54, 1.807) is 0 Å². The minimum Gasteiger partial charge on any atom is -0.384 e. The molecule has 0 spiro atoms. The van der Waals surface area contributed by atoms with Crippen molar-refractivity contribution >= 4 is 11.5 Å². The lowest BCUT2D eigenvalue weighted by atomic mass is 10.0. The molecule has 0 saturated carbocycles. The molecule has 108 valence electrons. The molecule has 20 heavy (non-hydrogen) atoms. The lowest BCUT2D eigenvalue weighted by molar-refractivity contribution is 0.273. The summed E-state index contributed by atoms with van der Waals surface area (Å²) in [5.41, 5.74) is 9.07. The van der Waals surface area contributed by atoms with Crippen molar-refractivity contribution < 1.29 is 0 Å². The summed E-state index contributed by atoms with van der Waals surface area (Å²) in [6, 6.07) is 6.77. The SMILES string of the molecule is Cc1cccc(C(=N)N)c1N1CCCN2CCCC2C1. The molecule has 1 aromatic carbocycles. The summed E-state index contributed by atoms with van der Waals surface area (Å²) in [6.45, 7) is 6.73. The molecule has 3 N–H and O–H groups in total. The molecule has 1 aromatic rings. The Morgan fingerprint density at radius 2 is 2.05 bits per heavy atom. The number of para-hydroxylation sites is 1. The first-order chi connectivity index (χ1) is 9.66. The number of anilines is 1. The number of fused-ring (bicyclic) bond motifs is 1. The van der Waals surface area contributed by atoms with Crippen LogP contribution in [-0.4, -0.2) is 43.0 Å². The zero-order valence-electron chi connectivity index (χ0n) is 12.2. The summed E-state index contributed by atoms with van der Waals surface area (Å²) >= 11 is 0. The van der Waals surface area contributed by atoms with E-state index in [9.17, 15) is 0 Å². The standard InChI is InChI=1S/C16H24N4/c1-12-5-2-7-14(16(17)18)15(12)20-10-4-9-19-8-3-6-13(19)11-20/h2,5,7,13H,3-4,6,8-11H2,1H3,(H3,17,18). The van der Waals surface area contributed by atoms with Crippen molar-refractivity contribution in [1.82, 2.24) is 4.90 Å². The molecule has 2 aliphatic rings. The van der Waals surface area contributed by atoms with Crippen LogP contribution in [0.5, 0.6) is 0 Å². The predicted molar refractivity (Wildman–Crippen MR) is 83.6 cm³/mol. The number of nitrogens with one attached hydrogen (secondary N) is 1. The minimum atomic E-state index is 0.177. The first-order valence-corrected chi connectivity index (χ1v) is 7.60. The molecule has 3 rings (SSSR count). The van der Waals surface area contributed by atoms with Crippen molar-refractivity contribution in [2.75, 3.05) is 31.1 Å². The normalized spacial score (nSPS) is 23.4. The van der Waals surface area contributed by atoms with Gasteiger partial charge in [-0.15, -0.1) is 0 Å². The molecule has 0 aliphatic carbocycles. The number of nitrogens with two attached hydrogens (primary N) is 1. The second-order valence-electron chi connectivity index (χ2n) is 6.02. The smallest absolute Gasteiger partial charge is 0.124 e. The summed E-state index contributed by atoms with van der Waals surface area (Å²) < 4.78 is 0. The Labute approximate surface area is 121 Å². The van der Waals surface area contributed by atoms with E-state index in [-0.39, 0.29) is 5.84 Å². The maximum atomic E-state index is 7.83. The number of hydrogen-bond acceptors (Lipinski definition) is 3. The Morgan fingerprint density at radius 3 is 2.85 bits per heavy atom. The van der Waals surface area contributed by atoms with Gasteiger partial charge in [-0.2, -0.15) is 0 Å². The van der Waals surface area contributed by atoms with Crippen LogP contribution in [0.2, 0.25) is 0 Å². The molecule has 0 bridgehead atoms. The van der Waals surface area contributed by atoms with Crippen LogP contribution in [0.4, 0.5) is 5.69 Å². The molecular formula is C16H24N4. The van der Waals surface area contributed by atoms with E-state index < -0.39 is 0 Å². The van der Waals surface area contributed by atoms with Gasteiger partial charge in [-0.1, -0.05) is 12.1 Å². The van der Waals surface area contributed by atoms with Crippen molar-refractivity contribution in [3.8, 4) is 0 Å². The van der Waals surface area contributed by atoms with Gasteiger partial charge in [-0.05, 0) is 44.4 Å². The third-order valence-corrected chi connectivity index (χ3v) is 4.65. The number of hydrogen-bond donors (Lipinski definition) is 2. The van der Waals surface area contributed by atoms with Gasteiger partial charge in [0, 0.05) is 31.2 Å². The van der Waals surface area contributed by atoms with Crippen LogP contribution >= 0.6 is 0 Å². The first kappa shape index (κ1) is 13.4. The number of amidine groups is 1. The van der Waals surface area contributed by atoms with Crippen LogP contribution in [-0.2, 0) is 0 Å². The fraction of sp³-hybridized carbons (Fsp3) is 0.562. The Balaban J connectivity index is 1.93. The molecule has 4 heteroatoms. The summed E-state index contributed by atoms with van der Waals surface area (Å²) in [5, 5.41) is 7.83. The second kappa shape index (κ2) is 5.44. The maximum absolute atomic E-state index is 7.83. The van der Waals surface area contributed by atoms with E-state index in [4.69, 9.17) is 11.1 Å². The minimum absolute atomic E-state index is 0.177. The van der Waals surface area contributed by atoms with Crippen molar-refractivity contribution in [1.29, 1.82) is 5.41 Å². The molecule has 1 atom stereocenters. The number of aryl methyl sites for hydroxylation is 1. The fourth-order valence-corrected chi connectivity index (χ4v) is 3.71. The number of nitrogen functional groups attached to an aromatic ring is 1. The van der Waals surface area contributed by atoms with Gasteiger partial charge in [0.15, 0.2) is 0 Å². The second-order valence-corrected chi connectivity index (χ2v) is 6.02. The van der Waals surface area contributed by atoms with Crippen LogP contribution < -0.4 is 10.6 Å². The topological polar surface area (TPSA) is 56.4 Å². The zero-order valence-corrected chi connectivity index (χ0v) is 12.2. The van der Waals surface area contributed by atoms with Crippen molar-refractivity contribution in [2.24, 2.45) is 5.73 Å². The highest BCUT2D eigenvalue weighted by Gasteiger charge is 2.30. The Bertz CT molecular complexity index is 511. The van der Waals surface area contributed by atoms with Crippen LogP contribution in [0.25, 0.3) is 0 Å². The van der Waals surface area contributed by atoms with Crippen LogP contribution in [0.3, 0.4) is 0 Å². The molecule has 2 fully saturated rings. The van der Waals surface area contributed by atoms with Gasteiger partial charge in [0.1, 0.15) is 5.84 Å². The third-order valence-electron chi connectivity index (χ3n) is 4.65. The fourth-order valence-electron chi connectivity index (χ4n) is 3.71. The molecule has 2 heterocycles. The Kier molecular flexibility index (Phi) is 3.66. The van der Waals surface area contributed by atoms with Gasteiger partial charge >= 0.3 is 0 Å². The summed E-state index contributed by atoms with van der Waals surface area (Å²) in [4.78, 5) is 5.09. The van der Waals surface area contributed by atoms with Gasteiger partial charge in [0.2, 0.25) is 0 Å². The van der Waals surface area contributed by atoms with E-state index in [1.165, 1.54) is 43.6 Å². The van der Waals surface area contributed by atoms with Gasteiger partial charge in [0.25, 0.3) is 0 Å². The van der Waals surface area contributed by atoms with Crippen molar-refractivity contribution in [3.05, 3.63) is 29.3 Å². The molecule has 0 radical (unpaired) electrons. The quantitative estimate of drug-likeness (QED) is 0.639. The van der Waals surface area contributed by atoms with E-state index in [2.05, 4.69) is 22.8 Å². The molecule has 4 nitrogen and oxygen atoms in total. The number of nitrogens with zero attached hydrogens (tertiary/aromatic N) is 2. The summed E-state index contributed by atoms with van der Waals surface area (Å²) in [6.07, 6.45) is 3.83. The van der Waals surface area contributed by atoms with E-state index in [0.717, 1.165) is 18.7 Å². The number of rotatable bonds is 2. The largest absolute Gasteiger partial charge is 0.384 e.